The van der Waals surface area contributed by atoms with E-state index < -0.39 is 0 Å². The van der Waals surface area contributed by atoms with Gasteiger partial charge in [0.25, 0.3) is 0 Å². The first-order valence-corrected chi connectivity index (χ1v) is 46.6. The fraction of sp³-hybridized carbons (Fsp3) is 0.564. The van der Waals surface area contributed by atoms with Gasteiger partial charge in [-0.3, -0.25) is 0 Å². The molecule has 0 spiro atoms. The molecule has 5 atom stereocenters. The Labute approximate surface area is 667 Å². The predicted molar refractivity (Wildman–Crippen MR) is 495 cm³/mol. The van der Waals surface area contributed by atoms with Crippen LogP contribution < -0.4 is 0 Å². The molecule has 5 unspecified atom stereocenters. The summed E-state index contributed by atoms with van der Waals surface area (Å²) in [5.74, 6) is 7.17. The van der Waals surface area contributed by atoms with Crippen LogP contribution >= 0.6 is 0 Å². The lowest BCUT2D eigenvalue weighted by molar-refractivity contribution is 0.437. The lowest BCUT2D eigenvalue weighted by Gasteiger charge is -2.30. The van der Waals surface area contributed by atoms with E-state index >= 15 is 0 Å². The summed E-state index contributed by atoms with van der Waals surface area (Å²) in [7, 11) is 0. The van der Waals surface area contributed by atoms with Gasteiger partial charge in [0.1, 0.15) is 0 Å². The number of fused-ring (bicyclic) bond motifs is 6. The Morgan fingerprint density at radius 2 is 0.382 bits per heavy atom. The highest BCUT2D eigenvalue weighted by Crippen LogP contribution is 2.61. The molecular formula is C110H146. The van der Waals surface area contributed by atoms with Crippen molar-refractivity contribution in [2.75, 3.05) is 0 Å². The molecule has 0 bridgehead atoms. The van der Waals surface area contributed by atoms with E-state index in [9.17, 15) is 0 Å². The highest BCUT2D eigenvalue weighted by atomic mass is 14.4. The molecule has 0 heterocycles. The average Bonchev–Trinajstić information content (AvgIpc) is 0.642. The Hall–Kier alpha value is -6.24. The van der Waals surface area contributed by atoms with Crippen LogP contribution in [-0.2, 0) is 38.5 Å². The van der Waals surface area contributed by atoms with E-state index in [1.165, 1.54) is 319 Å². The van der Waals surface area contributed by atoms with Crippen molar-refractivity contribution in [1.82, 2.24) is 0 Å². The second-order valence-electron chi connectivity index (χ2n) is 40.0. The minimum atomic E-state index is 0.675. The van der Waals surface area contributed by atoms with Crippen molar-refractivity contribution < 1.29 is 0 Å². The van der Waals surface area contributed by atoms with Crippen molar-refractivity contribution in [2.45, 2.75) is 342 Å². The van der Waals surface area contributed by atoms with E-state index in [0.717, 1.165) is 61.7 Å². The molecule has 0 radical (unpaired) electrons. The normalized spacial score (nSPS) is 14.4. The quantitative estimate of drug-likeness (QED) is 0.0203. The van der Waals surface area contributed by atoms with Crippen molar-refractivity contribution in [2.24, 2.45) is 59.2 Å². The number of aryl methyl sites for hydroxylation is 6. The van der Waals surface area contributed by atoms with Crippen LogP contribution in [0.3, 0.4) is 0 Å². The summed E-state index contributed by atoms with van der Waals surface area (Å²) in [5.41, 5.74) is 11.9. The number of hydrogen-bond acceptors (Lipinski definition) is 0. The largest absolute Gasteiger partial charge is 0.0654 e. The van der Waals surface area contributed by atoms with Crippen LogP contribution in [0, 0.1) is 59.2 Å². The average molecular weight is 1470 g/mol. The first-order chi connectivity index (χ1) is 53.2. The molecule has 14 rings (SSSR count). The third-order valence-corrected chi connectivity index (χ3v) is 28.0. The van der Waals surface area contributed by atoms with Crippen LogP contribution in [0.15, 0.2) is 97.1 Å². The zero-order valence-electron chi connectivity index (χ0n) is 72.5. The Morgan fingerprint density at radius 3 is 0.600 bits per heavy atom. The van der Waals surface area contributed by atoms with Crippen LogP contribution in [0.4, 0.5) is 0 Å². The smallest absolute Gasteiger partial charge is 0.0000469 e. The van der Waals surface area contributed by atoms with E-state index in [2.05, 4.69) is 208 Å². The molecule has 586 valence electrons. The zero-order chi connectivity index (χ0) is 77.0. The summed E-state index contributed by atoms with van der Waals surface area (Å²) in [6, 6.07) is 43.4. The first-order valence-electron chi connectivity index (χ1n) is 46.6. The van der Waals surface area contributed by atoms with Crippen molar-refractivity contribution in [1.29, 1.82) is 0 Å². The second kappa shape index (κ2) is 36.1. The van der Waals surface area contributed by atoms with Gasteiger partial charge in [0.15, 0.2) is 0 Å². The SMILES string of the molecule is CCCCCCCCCCCCc1ccc(-c2cc3c4cc(CCC(C)CCCC(C)C)cc5c6cc(CCC(C)CCCC(C)C)cc7c8cc(CCC(C)CCCC(C)C)cc9c%10cc(CCC(C)CCCC(C)C)cc%11c%12cc(CCC(C)CCCC(C)C)cc%13c(c2)c3c2c(c54)c(c76)c(c89)c(c%10%11)c2c%12%13)cc1. The van der Waals surface area contributed by atoms with Crippen molar-refractivity contribution in [3.8, 4) is 11.1 Å². The van der Waals surface area contributed by atoms with Gasteiger partial charge in [-0.25, -0.2) is 0 Å². The zero-order valence-corrected chi connectivity index (χ0v) is 72.5. The third-order valence-electron chi connectivity index (χ3n) is 28.0. The van der Waals surface area contributed by atoms with Crippen LogP contribution in [0.5, 0.6) is 0 Å². The molecule has 0 nitrogen and oxygen atoms in total. The second-order valence-corrected chi connectivity index (χ2v) is 40.0. The Morgan fingerprint density at radius 1 is 0.173 bits per heavy atom. The van der Waals surface area contributed by atoms with Crippen LogP contribution in [0.1, 0.15) is 337 Å². The topological polar surface area (TPSA) is 0 Å². The van der Waals surface area contributed by atoms with Crippen molar-refractivity contribution >= 4 is 129 Å². The van der Waals surface area contributed by atoms with Crippen LogP contribution in [-0.4, -0.2) is 0 Å². The lowest BCUT2D eigenvalue weighted by atomic mass is 9.72. The molecule has 0 saturated carbocycles. The Bertz CT molecular complexity index is 4960. The molecule has 0 fully saturated rings. The summed E-state index contributed by atoms with van der Waals surface area (Å²) in [4.78, 5) is 0. The molecule has 0 heteroatoms. The summed E-state index contributed by atoms with van der Waals surface area (Å²) >= 11 is 0. The fourth-order valence-electron chi connectivity index (χ4n) is 21.3. The Kier molecular flexibility index (Phi) is 26.4. The van der Waals surface area contributed by atoms with Crippen LogP contribution in [0.2, 0.25) is 0 Å². The van der Waals surface area contributed by atoms with E-state index in [0.29, 0.717) is 29.6 Å². The van der Waals surface area contributed by atoms with Gasteiger partial charge in [0.05, 0.1) is 0 Å². The van der Waals surface area contributed by atoms with Crippen molar-refractivity contribution in [3.63, 3.8) is 0 Å². The van der Waals surface area contributed by atoms with Gasteiger partial charge in [0, 0.05) is 0 Å². The lowest BCUT2D eigenvalue weighted by Crippen LogP contribution is -2.04. The van der Waals surface area contributed by atoms with E-state index in [1.54, 1.807) is 54.0 Å². The maximum atomic E-state index is 2.79. The first kappa shape index (κ1) is 80.4. The maximum Gasteiger partial charge on any atom is -0.0000469 e. The molecule has 0 aliphatic rings. The minimum Gasteiger partial charge on any atom is -0.0654 e. The standard InChI is InChI=1S/C110H146/c1-17-18-19-20-21-22-23-24-25-26-42-79-53-55-85(56-54-79)86-67-97-95-65-83(51-46-77(15)40-30-35-72(8)9)63-93-91-61-81(49-44-75(13)38-28-33-70(4)5)59-89-87-57-80(48-43-74(12)37-27-32-69(2)3)58-88-90-60-82(50-45-76(14)39-29-34-71(6)7)62-92-94-64-84(52-47-78(16)41-31-36-73(10)11)66-96-98(68-86)104(97)110-108(102(93)95)106(100(89)91)105(99(87)88)107(101(90)92)109(110)103(94)96/h53-78H,17-52H2,1-16H3. The van der Waals surface area contributed by atoms with Gasteiger partial charge < -0.3 is 0 Å². The van der Waals surface area contributed by atoms with Gasteiger partial charge in [0.2, 0.25) is 0 Å². The summed E-state index contributed by atoms with van der Waals surface area (Å²) in [6.07, 6.45) is 46.4. The molecule has 110 heavy (non-hydrogen) atoms. The molecular weight excluding hydrogens is 1320 g/mol. The predicted octanol–water partition coefficient (Wildman–Crippen LogP) is 35.3. The summed E-state index contributed by atoms with van der Waals surface area (Å²) < 4.78 is 0. The van der Waals surface area contributed by atoms with E-state index in [1.807, 2.05) is 0 Å². The Balaban J connectivity index is 1.06. The van der Waals surface area contributed by atoms with Gasteiger partial charge in [-0.2, -0.15) is 0 Å². The molecule has 0 N–H and O–H groups in total. The number of unbranched alkanes of at least 4 members (excludes halogenated alkanes) is 9. The fourth-order valence-corrected chi connectivity index (χ4v) is 21.3. The minimum absolute atomic E-state index is 0.675. The summed E-state index contributed by atoms with van der Waals surface area (Å²) in [6.45, 7) is 39.3. The van der Waals surface area contributed by atoms with Gasteiger partial charge in [-0.1, -0.05) is 350 Å². The highest BCUT2D eigenvalue weighted by molar-refractivity contribution is 6.61. The van der Waals surface area contributed by atoms with Gasteiger partial charge >= 0.3 is 0 Å². The molecule has 0 aliphatic carbocycles. The van der Waals surface area contributed by atoms with Gasteiger partial charge in [-0.05, 0) is 322 Å². The number of hydrogen-bond donors (Lipinski definition) is 0. The van der Waals surface area contributed by atoms with E-state index in [-0.39, 0.29) is 0 Å². The number of rotatable bonds is 47. The molecule has 14 aromatic carbocycles. The molecule has 14 aromatic rings. The summed E-state index contributed by atoms with van der Waals surface area (Å²) in [5, 5.41) is 36.6. The molecule has 0 amide bonds. The van der Waals surface area contributed by atoms with Crippen molar-refractivity contribution in [3.05, 3.63) is 130 Å². The third kappa shape index (κ3) is 17.5. The highest BCUT2D eigenvalue weighted by Gasteiger charge is 2.34. The molecule has 0 saturated heterocycles. The molecule has 0 aromatic heterocycles. The monoisotopic (exact) mass is 1470 g/mol. The number of benzene rings is 14. The maximum absolute atomic E-state index is 2.79. The van der Waals surface area contributed by atoms with Gasteiger partial charge in [-0.15, -0.1) is 0 Å². The van der Waals surface area contributed by atoms with E-state index in [4.69, 9.17) is 0 Å². The van der Waals surface area contributed by atoms with Crippen LogP contribution in [0.25, 0.3) is 140 Å². The molecule has 0 aliphatic heterocycles.